The summed E-state index contributed by atoms with van der Waals surface area (Å²) < 4.78 is 41.5. The number of alkyl halides is 2. The zero-order chi connectivity index (χ0) is 26.3. The first kappa shape index (κ1) is 24.2. The molecule has 1 N–H and O–H groups in total. The standard InChI is InChI=1S/C29H23F2NO5/c1-15-8-13-24(35-17(3)18-9-11-19(12-10-18)36-29(30)31)25-21(28(33)34)14-22(32-26(15)25)27-16(2)20-6-4-5-7-23(20)37-27/h4-14,17,29H,1-3H3,(H,33,34)/t17-/m1/s1. The number of fused-ring (bicyclic) bond motifs is 2. The maximum atomic E-state index is 12.5. The first-order valence-corrected chi connectivity index (χ1v) is 11.6. The maximum absolute atomic E-state index is 12.5. The van der Waals surface area contributed by atoms with Gasteiger partial charge in [0.1, 0.15) is 28.9 Å². The predicted molar refractivity (Wildman–Crippen MR) is 136 cm³/mol. The molecule has 0 radical (unpaired) electrons. The maximum Gasteiger partial charge on any atom is 0.387 e. The molecular weight excluding hydrogens is 480 g/mol. The molecule has 5 rings (SSSR count). The Morgan fingerprint density at radius 2 is 1.73 bits per heavy atom. The lowest BCUT2D eigenvalue weighted by atomic mass is 10.0. The highest BCUT2D eigenvalue weighted by atomic mass is 19.3. The Hall–Kier alpha value is -4.46. The zero-order valence-electron chi connectivity index (χ0n) is 20.3. The number of furan rings is 1. The Bertz CT molecular complexity index is 1630. The molecular formula is C29H23F2NO5. The minimum atomic E-state index is -2.91. The van der Waals surface area contributed by atoms with E-state index >= 15 is 0 Å². The van der Waals surface area contributed by atoms with Crippen molar-refractivity contribution in [1.82, 2.24) is 4.98 Å². The van der Waals surface area contributed by atoms with Gasteiger partial charge in [-0.1, -0.05) is 36.4 Å². The lowest BCUT2D eigenvalue weighted by molar-refractivity contribution is -0.0498. The SMILES string of the molecule is Cc1c(-c2cc(C(=O)O)c3c(O[C@H](C)c4ccc(OC(F)F)cc4)ccc(C)c3n2)oc2ccccc12. The molecule has 0 amide bonds. The molecule has 37 heavy (non-hydrogen) atoms. The smallest absolute Gasteiger partial charge is 0.387 e. The van der Waals surface area contributed by atoms with Crippen molar-refractivity contribution in [3.05, 3.63) is 89.0 Å². The molecule has 0 aliphatic heterocycles. The number of halogens is 2. The van der Waals surface area contributed by atoms with Gasteiger partial charge in [0.2, 0.25) is 0 Å². The fourth-order valence-corrected chi connectivity index (χ4v) is 4.42. The van der Waals surface area contributed by atoms with Crippen LogP contribution in [0.15, 0.2) is 71.1 Å². The van der Waals surface area contributed by atoms with Crippen LogP contribution in [-0.4, -0.2) is 22.7 Å². The summed E-state index contributed by atoms with van der Waals surface area (Å²) >= 11 is 0. The Morgan fingerprint density at radius 3 is 2.41 bits per heavy atom. The molecule has 2 aromatic heterocycles. The average Bonchev–Trinajstić information content (AvgIpc) is 3.21. The Balaban J connectivity index is 1.59. The van der Waals surface area contributed by atoms with Crippen LogP contribution in [0.5, 0.6) is 11.5 Å². The van der Waals surface area contributed by atoms with Gasteiger partial charge in [0.15, 0.2) is 5.76 Å². The number of pyridine rings is 1. The van der Waals surface area contributed by atoms with E-state index in [1.165, 1.54) is 18.2 Å². The van der Waals surface area contributed by atoms with E-state index in [4.69, 9.17) is 14.1 Å². The molecule has 5 aromatic rings. The van der Waals surface area contributed by atoms with Gasteiger partial charge < -0.3 is 19.0 Å². The third-order valence-corrected chi connectivity index (χ3v) is 6.31. The monoisotopic (exact) mass is 503 g/mol. The Morgan fingerprint density at radius 1 is 1.00 bits per heavy atom. The molecule has 0 aliphatic rings. The van der Waals surface area contributed by atoms with Gasteiger partial charge in [-0.2, -0.15) is 8.78 Å². The topological polar surface area (TPSA) is 81.8 Å². The molecule has 188 valence electrons. The summed E-state index contributed by atoms with van der Waals surface area (Å²) in [6, 6.07) is 18.7. The quantitative estimate of drug-likeness (QED) is 0.245. The number of ether oxygens (including phenoxy) is 2. The van der Waals surface area contributed by atoms with Crippen molar-refractivity contribution in [3.63, 3.8) is 0 Å². The van der Waals surface area contributed by atoms with Gasteiger partial charge in [0.25, 0.3) is 0 Å². The van der Waals surface area contributed by atoms with Crippen molar-refractivity contribution >= 4 is 27.8 Å². The first-order valence-electron chi connectivity index (χ1n) is 11.6. The van der Waals surface area contributed by atoms with Crippen molar-refractivity contribution in [1.29, 1.82) is 0 Å². The number of hydrogen-bond donors (Lipinski definition) is 1. The number of para-hydroxylation sites is 1. The van der Waals surface area contributed by atoms with Crippen LogP contribution in [-0.2, 0) is 0 Å². The largest absolute Gasteiger partial charge is 0.485 e. The molecule has 8 heteroatoms. The van der Waals surface area contributed by atoms with E-state index in [1.807, 2.05) is 44.2 Å². The van der Waals surface area contributed by atoms with Crippen LogP contribution in [0.25, 0.3) is 33.3 Å². The molecule has 0 spiro atoms. The molecule has 0 saturated carbocycles. The van der Waals surface area contributed by atoms with Crippen molar-refractivity contribution in [2.45, 2.75) is 33.5 Å². The van der Waals surface area contributed by atoms with Crippen LogP contribution in [0.1, 0.15) is 40.1 Å². The number of aryl methyl sites for hydroxylation is 2. The average molecular weight is 504 g/mol. The van der Waals surface area contributed by atoms with Gasteiger partial charge in [0.05, 0.1) is 16.5 Å². The summed E-state index contributed by atoms with van der Waals surface area (Å²) in [6.45, 7) is 2.65. The number of aromatic nitrogens is 1. The lowest BCUT2D eigenvalue weighted by Crippen LogP contribution is -2.07. The summed E-state index contributed by atoms with van der Waals surface area (Å²) in [5.41, 5.74) is 3.99. The molecule has 2 heterocycles. The first-order chi connectivity index (χ1) is 17.7. The van der Waals surface area contributed by atoms with Crippen molar-refractivity contribution < 1.29 is 32.6 Å². The fourth-order valence-electron chi connectivity index (χ4n) is 4.42. The minimum Gasteiger partial charge on any atom is -0.485 e. The van der Waals surface area contributed by atoms with E-state index in [2.05, 4.69) is 4.74 Å². The van der Waals surface area contributed by atoms with Gasteiger partial charge in [-0.15, -0.1) is 0 Å². The second-order valence-electron chi connectivity index (χ2n) is 8.72. The Labute approximate surface area is 211 Å². The van der Waals surface area contributed by atoms with Crippen LogP contribution in [0, 0.1) is 13.8 Å². The van der Waals surface area contributed by atoms with E-state index in [0.29, 0.717) is 39.3 Å². The number of carbonyl (C=O) groups is 1. The van der Waals surface area contributed by atoms with Crippen molar-refractivity contribution in [2.24, 2.45) is 0 Å². The summed E-state index contributed by atoms with van der Waals surface area (Å²) in [5.74, 6) is -0.230. The molecule has 0 unspecified atom stereocenters. The molecule has 1 atom stereocenters. The molecule has 6 nitrogen and oxygen atoms in total. The zero-order valence-corrected chi connectivity index (χ0v) is 20.3. The second kappa shape index (κ2) is 9.54. The highest BCUT2D eigenvalue weighted by Gasteiger charge is 2.22. The third-order valence-electron chi connectivity index (χ3n) is 6.31. The third kappa shape index (κ3) is 4.58. The lowest BCUT2D eigenvalue weighted by Gasteiger charge is -2.19. The summed E-state index contributed by atoms with van der Waals surface area (Å²) in [6.07, 6.45) is -0.509. The van der Waals surface area contributed by atoms with Crippen LogP contribution < -0.4 is 9.47 Å². The summed E-state index contributed by atoms with van der Waals surface area (Å²) in [7, 11) is 0. The van der Waals surface area contributed by atoms with Crippen LogP contribution in [0.3, 0.4) is 0 Å². The summed E-state index contributed by atoms with van der Waals surface area (Å²) in [4.78, 5) is 17.2. The van der Waals surface area contributed by atoms with Crippen LogP contribution in [0.4, 0.5) is 8.78 Å². The minimum absolute atomic E-state index is 0.0337. The van der Waals surface area contributed by atoms with Gasteiger partial charge in [-0.25, -0.2) is 9.78 Å². The van der Waals surface area contributed by atoms with E-state index in [-0.39, 0.29) is 11.3 Å². The number of benzene rings is 3. The number of hydrogen-bond acceptors (Lipinski definition) is 5. The highest BCUT2D eigenvalue weighted by molar-refractivity contribution is 6.07. The van der Waals surface area contributed by atoms with E-state index < -0.39 is 18.7 Å². The molecule has 3 aromatic carbocycles. The van der Waals surface area contributed by atoms with Gasteiger partial charge in [0, 0.05) is 10.9 Å². The van der Waals surface area contributed by atoms with E-state index in [0.717, 1.165) is 16.5 Å². The van der Waals surface area contributed by atoms with Gasteiger partial charge in [-0.05, 0) is 62.2 Å². The van der Waals surface area contributed by atoms with Crippen LogP contribution in [0.2, 0.25) is 0 Å². The van der Waals surface area contributed by atoms with Crippen molar-refractivity contribution in [2.75, 3.05) is 0 Å². The number of aromatic carboxylic acids is 1. The van der Waals surface area contributed by atoms with Gasteiger partial charge >= 0.3 is 12.6 Å². The van der Waals surface area contributed by atoms with E-state index in [1.54, 1.807) is 25.1 Å². The number of carboxylic acid groups (broad SMARTS) is 1. The highest BCUT2D eigenvalue weighted by Crippen LogP contribution is 2.38. The molecule has 0 aliphatic carbocycles. The number of nitrogens with zero attached hydrogens (tertiary/aromatic N) is 1. The summed E-state index contributed by atoms with van der Waals surface area (Å²) in [5, 5.41) is 11.4. The molecule has 0 saturated heterocycles. The van der Waals surface area contributed by atoms with E-state index in [9.17, 15) is 18.7 Å². The number of rotatable bonds is 7. The number of carboxylic acids is 1. The molecule has 0 bridgehead atoms. The van der Waals surface area contributed by atoms with Crippen LogP contribution >= 0.6 is 0 Å². The predicted octanol–water partition coefficient (Wildman–Crippen LogP) is 7.70. The fraction of sp³-hybridized carbons (Fsp3) is 0.172. The Kier molecular flexibility index (Phi) is 6.25. The second-order valence-corrected chi connectivity index (χ2v) is 8.72. The molecule has 0 fully saturated rings. The van der Waals surface area contributed by atoms with Gasteiger partial charge in [-0.3, -0.25) is 0 Å². The van der Waals surface area contributed by atoms with Crippen molar-refractivity contribution in [3.8, 4) is 23.0 Å². The normalized spacial score (nSPS) is 12.3.